The number of rotatable bonds is 4. The summed E-state index contributed by atoms with van der Waals surface area (Å²) < 4.78 is 52.7. The summed E-state index contributed by atoms with van der Waals surface area (Å²) in [5.74, 6) is -0.426. The summed E-state index contributed by atoms with van der Waals surface area (Å²) in [6, 6.07) is 8.29. The fourth-order valence-corrected chi connectivity index (χ4v) is 3.25. The Bertz CT molecular complexity index is 1060. The lowest BCUT2D eigenvalue weighted by atomic mass is 10.1. The maximum atomic E-state index is 13.4. The number of aromatic nitrogens is 3. The van der Waals surface area contributed by atoms with Crippen molar-refractivity contribution in [2.75, 3.05) is 0 Å². The first-order chi connectivity index (χ1) is 13.7. The van der Waals surface area contributed by atoms with Crippen molar-refractivity contribution < 1.29 is 22.4 Å². The molecular weight excluding hydrogens is 388 g/mol. The highest BCUT2D eigenvalue weighted by Crippen LogP contribution is 2.41. The second kappa shape index (κ2) is 6.98. The number of carbonyl (C=O) groups is 1. The third-order valence-electron chi connectivity index (χ3n) is 4.93. The molecule has 1 amide bonds. The van der Waals surface area contributed by atoms with Gasteiger partial charge in [0.15, 0.2) is 5.82 Å². The summed E-state index contributed by atoms with van der Waals surface area (Å²) in [6.07, 6.45) is -1.69. The van der Waals surface area contributed by atoms with Gasteiger partial charge in [0.1, 0.15) is 5.82 Å². The fraction of sp³-hybridized carbons (Fsp3) is 0.250. The highest BCUT2D eigenvalue weighted by molar-refractivity contribution is 5.95. The number of hydrogen-bond acceptors (Lipinski definition) is 3. The zero-order valence-electron chi connectivity index (χ0n) is 15.2. The Morgan fingerprint density at radius 3 is 2.66 bits per heavy atom. The third-order valence-corrected chi connectivity index (χ3v) is 4.93. The van der Waals surface area contributed by atoms with Crippen LogP contribution in [0.3, 0.4) is 0 Å². The maximum Gasteiger partial charge on any atom is 0.417 e. The van der Waals surface area contributed by atoms with Crippen molar-refractivity contribution in [3.63, 3.8) is 0 Å². The number of carbonyl (C=O) groups excluding carboxylic acids is 1. The molecule has 5 nitrogen and oxygen atoms in total. The second-order valence-corrected chi connectivity index (χ2v) is 6.94. The minimum atomic E-state index is -4.47. The van der Waals surface area contributed by atoms with Gasteiger partial charge in [-0.15, -0.1) is 0 Å². The molecule has 1 aromatic carbocycles. The van der Waals surface area contributed by atoms with E-state index in [0.717, 1.165) is 17.8 Å². The van der Waals surface area contributed by atoms with Crippen LogP contribution in [0.2, 0.25) is 0 Å². The molecule has 2 aromatic heterocycles. The summed E-state index contributed by atoms with van der Waals surface area (Å²) in [4.78, 5) is 16.4. The quantitative estimate of drug-likeness (QED) is 0.669. The molecule has 0 aliphatic heterocycles. The summed E-state index contributed by atoms with van der Waals surface area (Å²) in [7, 11) is 0. The van der Waals surface area contributed by atoms with Crippen molar-refractivity contribution in [2.24, 2.45) is 0 Å². The van der Waals surface area contributed by atoms with E-state index in [4.69, 9.17) is 0 Å². The molecule has 1 saturated carbocycles. The molecular formula is C20H16F4N4O. The number of amides is 1. The Balaban J connectivity index is 1.47. The van der Waals surface area contributed by atoms with Crippen molar-refractivity contribution in [1.82, 2.24) is 20.1 Å². The zero-order chi connectivity index (χ0) is 20.8. The highest BCUT2D eigenvalue weighted by Gasteiger charge is 2.40. The van der Waals surface area contributed by atoms with E-state index >= 15 is 0 Å². The van der Waals surface area contributed by atoms with Gasteiger partial charge in [-0.05, 0) is 43.2 Å². The molecule has 0 unspecified atom stereocenters. The molecule has 2 heterocycles. The van der Waals surface area contributed by atoms with E-state index < -0.39 is 11.7 Å². The molecule has 150 valence electrons. The van der Waals surface area contributed by atoms with Crippen LogP contribution in [0.5, 0.6) is 0 Å². The Kier molecular flexibility index (Phi) is 4.60. The first kappa shape index (κ1) is 19.1. The van der Waals surface area contributed by atoms with Gasteiger partial charge in [-0.25, -0.2) is 14.1 Å². The molecule has 29 heavy (non-hydrogen) atoms. The van der Waals surface area contributed by atoms with E-state index in [1.165, 1.54) is 29.1 Å². The van der Waals surface area contributed by atoms with Gasteiger partial charge in [0.25, 0.3) is 5.91 Å². The van der Waals surface area contributed by atoms with Gasteiger partial charge >= 0.3 is 6.18 Å². The minimum absolute atomic E-state index is 0.0570. The van der Waals surface area contributed by atoms with Crippen LogP contribution in [-0.2, 0) is 6.18 Å². The van der Waals surface area contributed by atoms with E-state index in [1.54, 1.807) is 13.0 Å². The molecule has 0 saturated heterocycles. The smallest absolute Gasteiger partial charge is 0.349 e. The number of pyridine rings is 1. The molecule has 1 aliphatic rings. The van der Waals surface area contributed by atoms with Gasteiger partial charge < -0.3 is 5.32 Å². The van der Waals surface area contributed by atoms with E-state index in [2.05, 4.69) is 15.4 Å². The zero-order valence-corrected chi connectivity index (χ0v) is 15.2. The molecule has 9 heteroatoms. The van der Waals surface area contributed by atoms with Crippen molar-refractivity contribution in [3.8, 4) is 5.82 Å². The molecule has 1 fully saturated rings. The maximum absolute atomic E-state index is 13.4. The van der Waals surface area contributed by atoms with Crippen LogP contribution in [0.1, 0.15) is 39.5 Å². The number of nitrogens with zero attached hydrogens (tertiary/aromatic N) is 3. The third kappa shape index (κ3) is 3.85. The normalized spacial score (nSPS) is 18.5. The first-order valence-electron chi connectivity index (χ1n) is 8.88. The van der Waals surface area contributed by atoms with Crippen LogP contribution >= 0.6 is 0 Å². The van der Waals surface area contributed by atoms with Gasteiger partial charge in [-0.3, -0.25) is 4.79 Å². The van der Waals surface area contributed by atoms with Crippen LogP contribution in [-0.4, -0.2) is 26.7 Å². The lowest BCUT2D eigenvalue weighted by Gasteiger charge is -2.08. The van der Waals surface area contributed by atoms with Crippen LogP contribution in [0.25, 0.3) is 5.82 Å². The van der Waals surface area contributed by atoms with E-state index in [9.17, 15) is 22.4 Å². The Hall–Kier alpha value is -3.23. The average molecular weight is 404 g/mol. The van der Waals surface area contributed by atoms with Crippen LogP contribution < -0.4 is 5.32 Å². The van der Waals surface area contributed by atoms with Crippen LogP contribution in [0.15, 0.2) is 48.8 Å². The lowest BCUT2D eigenvalue weighted by molar-refractivity contribution is -0.137. The van der Waals surface area contributed by atoms with Gasteiger partial charge in [-0.1, -0.05) is 12.1 Å². The topological polar surface area (TPSA) is 59.8 Å². The molecule has 3 aromatic rings. The van der Waals surface area contributed by atoms with Gasteiger partial charge in [0, 0.05) is 18.2 Å². The number of nitrogens with one attached hydrogen (secondary N) is 1. The van der Waals surface area contributed by atoms with E-state index in [0.29, 0.717) is 17.7 Å². The Labute approximate surface area is 163 Å². The average Bonchev–Trinajstić information content (AvgIpc) is 3.32. The van der Waals surface area contributed by atoms with Crippen LogP contribution in [0.4, 0.5) is 17.6 Å². The molecule has 1 N–H and O–H groups in total. The number of halogens is 4. The van der Waals surface area contributed by atoms with Crippen molar-refractivity contribution in [1.29, 1.82) is 0 Å². The standard InChI is InChI=1S/C20H16F4N4O/c1-11-16(10-26-28(11)18-6-5-13(9-25-18)20(22,23)24)19(29)27-17-8-15(17)12-3-2-4-14(21)7-12/h2-7,9-10,15,17H,8H2,1H3,(H,27,29)/t15-,17-/m1/s1. The summed E-state index contributed by atoms with van der Waals surface area (Å²) in [5, 5.41) is 6.97. The molecule has 0 radical (unpaired) electrons. The van der Waals surface area contributed by atoms with Gasteiger partial charge in [0.2, 0.25) is 0 Å². The molecule has 2 atom stereocenters. The molecule has 0 bridgehead atoms. The Morgan fingerprint density at radius 2 is 2.00 bits per heavy atom. The second-order valence-electron chi connectivity index (χ2n) is 6.94. The largest absolute Gasteiger partial charge is 0.417 e. The summed E-state index contributed by atoms with van der Waals surface area (Å²) >= 11 is 0. The van der Waals surface area contributed by atoms with Crippen molar-refractivity contribution in [3.05, 3.63) is 77.0 Å². The lowest BCUT2D eigenvalue weighted by Crippen LogP contribution is -2.27. The molecule has 0 spiro atoms. The number of hydrogen-bond donors (Lipinski definition) is 1. The SMILES string of the molecule is Cc1c(C(=O)N[C@@H]2C[C@@H]2c2cccc(F)c2)cnn1-c1ccc(C(F)(F)F)cn1. The monoisotopic (exact) mass is 404 g/mol. The predicted octanol–water partition coefficient (Wildman–Crippen LogP) is 4.02. The number of benzene rings is 1. The van der Waals surface area contributed by atoms with Crippen molar-refractivity contribution in [2.45, 2.75) is 31.5 Å². The van der Waals surface area contributed by atoms with Crippen LogP contribution in [0, 0.1) is 12.7 Å². The Morgan fingerprint density at radius 1 is 1.21 bits per heavy atom. The fourth-order valence-electron chi connectivity index (χ4n) is 3.25. The summed E-state index contributed by atoms with van der Waals surface area (Å²) in [6.45, 7) is 1.64. The van der Waals surface area contributed by atoms with Gasteiger partial charge in [-0.2, -0.15) is 18.3 Å². The summed E-state index contributed by atoms with van der Waals surface area (Å²) in [5.41, 5.74) is 0.729. The molecule has 1 aliphatic carbocycles. The van der Waals surface area contributed by atoms with Gasteiger partial charge in [0.05, 0.1) is 23.0 Å². The van der Waals surface area contributed by atoms with Crippen molar-refractivity contribution >= 4 is 5.91 Å². The minimum Gasteiger partial charge on any atom is -0.349 e. The highest BCUT2D eigenvalue weighted by atomic mass is 19.4. The van der Waals surface area contributed by atoms with E-state index in [-0.39, 0.29) is 29.5 Å². The molecule has 4 rings (SSSR count). The number of alkyl halides is 3. The first-order valence-corrected chi connectivity index (χ1v) is 8.88. The predicted molar refractivity (Wildman–Crippen MR) is 96.1 cm³/mol. The van der Waals surface area contributed by atoms with E-state index in [1.807, 2.05) is 6.07 Å².